The number of hydrogen-bond donors (Lipinski definition) is 2. The van der Waals surface area contributed by atoms with Crippen molar-refractivity contribution in [3.8, 4) is 11.5 Å². The summed E-state index contributed by atoms with van der Waals surface area (Å²) in [5, 5.41) is 22.6. The number of carbonyl (C=O) groups excluding carboxylic acids is 1. The number of nitrogens with one attached hydrogen (secondary N) is 1. The van der Waals surface area contributed by atoms with E-state index < -0.39 is 23.2 Å². The van der Waals surface area contributed by atoms with Crippen LogP contribution in [-0.4, -0.2) is 23.6 Å². The molecule has 0 aromatic heterocycles. The number of para-hydroxylation sites is 1. The molecule has 0 aliphatic rings. The first-order valence-electron chi connectivity index (χ1n) is 6.08. The third kappa shape index (κ3) is 3.97. The van der Waals surface area contributed by atoms with Gasteiger partial charge in [-0.3, -0.25) is 4.79 Å². The molecule has 0 radical (unpaired) electrons. The van der Waals surface area contributed by atoms with Gasteiger partial charge in [-0.15, -0.1) is 0 Å². The molecule has 6 heteroatoms. The molecule has 2 rings (SSSR count). The summed E-state index contributed by atoms with van der Waals surface area (Å²) in [6, 6.07) is 12.4. The van der Waals surface area contributed by atoms with Crippen LogP contribution in [-0.2, 0) is 4.79 Å². The second kappa shape index (κ2) is 6.42. The van der Waals surface area contributed by atoms with Gasteiger partial charge in [0, 0.05) is 5.69 Å². The third-order valence-corrected chi connectivity index (χ3v) is 2.61. The minimum absolute atomic E-state index is 0.217. The summed E-state index contributed by atoms with van der Waals surface area (Å²) in [6.45, 7) is -0.217. The summed E-state index contributed by atoms with van der Waals surface area (Å²) in [5.41, 5.74) is -0.162. The topological polar surface area (TPSA) is 98.7 Å². The maximum Gasteiger partial charge on any atom is 0.335 e. The van der Waals surface area contributed by atoms with Gasteiger partial charge in [0.15, 0.2) is 6.61 Å². The lowest BCUT2D eigenvalue weighted by Gasteiger charge is -2.12. The highest BCUT2D eigenvalue weighted by atomic mass is 16.5. The fourth-order valence-corrected chi connectivity index (χ4v) is 1.64. The number of benzene rings is 2. The lowest BCUT2D eigenvalue weighted by atomic mass is 10.2. The predicted molar refractivity (Wildman–Crippen MR) is 73.4 cm³/mol. The number of anilines is 1. The molecule has 108 valence electrons. The van der Waals surface area contributed by atoms with E-state index >= 15 is 0 Å². The second-order valence-corrected chi connectivity index (χ2v) is 4.17. The number of ether oxygens (including phenoxy) is 1. The molecule has 0 heterocycles. The molecule has 0 aliphatic carbocycles. The van der Waals surface area contributed by atoms with Crippen molar-refractivity contribution < 1.29 is 24.5 Å². The number of carboxylic acid groups (broad SMARTS) is 1. The maximum absolute atomic E-state index is 11.7. The highest BCUT2D eigenvalue weighted by molar-refractivity contribution is 5.96. The molecule has 1 amide bonds. The first-order chi connectivity index (χ1) is 10.1. The molecule has 0 aliphatic heterocycles. The summed E-state index contributed by atoms with van der Waals surface area (Å²) in [4.78, 5) is 22.5. The Morgan fingerprint density at radius 2 is 1.86 bits per heavy atom. The van der Waals surface area contributed by atoms with Crippen LogP contribution in [0.3, 0.4) is 0 Å². The molecule has 2 aromatic rings. The quantitative estimate of drug-likeness (QED) is 0.867. The van der Waals surface area contributed by atoms with Crippen molar-refractivity contribution in [2.24, 2.45) is 0 Å². The van der Waals surface area contributed by atoms with Crippen molar-refractivity contribution in [2.75, 3.05) is 11.9 Å². The fourth-order valence-electron chi connectivity index (χ4n) is 1.64. The third-order valence-electron chi connectivity index (χ3n) is 2.61. The van der Waals surface area contributed by atoms with Crippen LogP contribution in [0.1, 0.15) is 10.4 Å². The van der Waals surface area contributed by atoms with Crippen molar-refractivity contribution >= 4 is 17.6 Å². The Kier molecular flexibility index (Phi) is 4.40. The molecule has 6 nitrogen and oxygen atoms in total. The lowest BCUT2D eigenvalue weighted by Crippen LogP contribution is -2.20. The summed E-state index contributed by atoms with van der Waals surface area (Å²) in [6.07, 6.45) is 0. The summed E-state index contributed by atoms with van der Waals surface area (Å²) in [7, 11) is 0. The zero-order valence-electron chi connectivity index (χ0n) is 10.9. The van der Waals surface area contributed by atoms with E-state index in [9.17, 15) is 14.7 Å². The zero-order chi connectivity index (χ0) is 15.2. The SMILES string of the molecule is O=C(COc1ccccc1)Nc1ccc([O-])c(C(=O)O)c1. The van der Waals surface area contributed by atoms with E-state index in [0.29, 0.717) is 5.75 Å². The summed E-state index contributed by atoms with van der Waals surface area (Å²) < 4.78 is 5.25. The van der Waals surface area contributed by atoms with E-state index in [1.165, 1.54) is 6.07 Å². The summed E-state index contributed by atoms with van der Waals surface area (Å²) in [5.74, 6) is -1.85. The van der Waals surface area contributed by atoms with Gasteiger partial charge in [-0.25, -0.2) is 4.79 Å². The van der Waals surface area contributed by atoms with Gasteiger partial charge in [-0.05, 0) is 24.3 Å². The number of hydrogen-bond acceptors (Lipinski definition) is 4. The van der Waals surface area contributed by atoms with Crippen LogP contribution in [0.25, 0.3) is 0 Å². The van der Waals surface area contributed by atoms with Gasteiger partial charge < -0.3 is 20.3 Å². The molecule has 21 heavy (non-hydrogen) atoms. The normalized spacial score (nSPS) is 9.90. The molecule has 0 saturated heterocycles. The standard InChI is InChI=1S/C15H13NO5/c17-13-7-6-10(8-12(13)15(19)20)16-14(18)9-21-11-4-2-1-3-5-11/h1-8,17H,9H2,(H,16,18)(H,19,20)/p-1. The Hall–Kier alpha value is -3.02. The molecule has 0 unspecified atom stereocenters. The van der Waals surface area contributed by atoms with Crippen LogP contribution in [0, 0.1) is 0 Å². The Morgan fingerprint density at radius 1 is 1.14 bits per heavy atom. The highest BCUT2D eigenvalue weighted by Gasteiger charge is 2.08. The molecule has 0 saturated carbocycles. The second-order valence-electron chi connectivity index (χ2n) is 4.17. The molecule has 0 bridgehead atoms. The Labute approximate surface area is 120 Å². The van der Waals surface area contributed by atoms with Crippen LogP contribution in [0.5, 0.6) is 11.5 Å². The Morgan fingerprint density at radius 3 is 2.52 bits per heavy atom. The van der Waals surface area contributed by atoms with Gasteiger partial charge in [-0.1, -0.05) is 30.0 Å². The number of amides is 1. The minimum Gasteiger partial charge on any atom is -0.872 e. The van der Waals surface area contributed by atoms with Gasteiger partial charge >= 0.3 is 5.97 Å². The maximum atomic E-state index is 11.7. The molecule has 0 fully saturated rings. The monoisotopic (exact) mass is 286 g/mol. The van der Waals surface area contributed by atoms with E-state index in [4.69, 9.17) is 9.84 Å². The van der Waals surface area contributed by atoms with E-state index in [0.717, 1.165) is 12.1 Å². The van der Waals surface area contributed by atoms with Crippen molar-refractivity contribution in [1.29, 1.82) is 0 Å². The van der Waals surface area contributed by atoms with Crippen LogP contribution >= 0.6 is 0 Å². The van der Waals surface area contributed by atoms with Gasteiger partial charge in [0.1, 0.15) is 5.75 Å². The van der Waals surface area contributed by atoms with E-state index in [2.05, 4.69) is 5.32 Å². The van der Waals surface area contributed by atoms with Crippen LogP contribution in [0.2, 0.25) is 0 Å². The van der Waals surface area contributed by atoms with Gasteiger partial charge in [0.2, 0.25) is 0 Å². The first kappa shape index (κ1) is 14.4. The smallest absolute Gasteiger partial charge is 0.335 e. The molecular formula is C15H12NO5-. The van der Waals surface area contributed by atoms with Gasteiger partial charge in [0.05, 0.1) is 5.56 Å². The van der Waals surface area contributed by atoms with Gasteiger partial charge in [0.25, 0.3) is 5.91 Å². The van der Waals surface area contributed by atoms with Crippen molar-refractivity contribution in [2.45, 2.75) is 0 Å². The van der Waals surface area contributed by atoms with Crippen LogP contribution in [0.15, 0.2) is 48.5 Å². The van der Waals surface area contributed by atoms with Crippen molar-refractivity contribution in [3.05, 3.63) is 54.1 Å². The van der Waals surface area contributed by atoms with Gasteiger partial charge in [-0.2, -0.15) is 0 Å². The van der Waals surface area contributed by atoms with Crippen LogP contribution in [0.4, 0.5) is 5.69 Å². The largest absolute Gasteiger partial charge is 0.872 e. The lowest BCUT2D eigenvalue weighted by molar-refractivity contribution is -0.268. The Balaban J connectivity index is 1.97. The fraction of sp³-hybridized carbons (Fsp3) is 0.0667. The number of rotatable bonds is 5. The van der Waals surface area contributed by atoms with Crippen molar-refractivity contribution in [1.82, 2.24) is 0 Å². The zero-order valence-corrected chi connectivity index (χ0v) is 10.9. The average Bonchev–Trinajstić information content (AvgIpc) is 2.48. The summed E-state index contributed by atoms with van der Waals surface area (Å²) >= 11 is 0. The Bertz CT molecular complexity index is 654. The average molecular weight is 286 g/mol. The van der Waals surface area contributed by atoms with E-state index in [-0.39, 0.29) is 12.3 Å². The van der Waals surface area contributed by atoms with E-state index in [1.54, 1.807) is 24.3 Å². The first-order valence-corrected chi connectivity index (χ1v) is 6.08. The number of aromatic carboxylic acids is 1. The molecule has 0 atom stereocenters. The number of carboxylic acids is 1. The van der Waals surface area contributed by atoms with E-state index in [1.807, 2.05) is 6.07 Å². The predicted octanol–water partition coefficient (Wildman–Crippen LogP) is 1.48. The molecule has 2 N–H and O–H groups in total. The minimum atomic E-state index is -1.34. The molecular weight excluding hydrogens is 274 g/mol. The van der Waals surface area contributed by atoms with Crippen LogP contribution < -0.4 is 15.2 Å². The highest BCUT2D eigenvalue weighted by Crippen LogP contribution is 2.19. The molecule has 0 spiro atoms. The van der Waals surface area contributed by atoms with Crippen molar-refractivity contribution in [3.63, 3.8) is 0 Å². The molecule has 2 aromatic carbocycles. The number of carbonyl (C=O) groups is 2.